The van der Waals surface area contributed by atoms with E-state index in [0.717, 1.165) is 31.6 Å². The van der Waals surface area contributed by atoms with E-state index in [9.17, 15) is 4.79 Å². The van der Waals surface area contributed by atoms with E-state index < -0.39 is 0 Å². The Morgan fingerprint density at radius 3 is 2.19 bits per heavy atom. The van der Waals surface area contributed by atoms with E-state index in [1.165, 1.54) is 38.0 Å². The van der Waals surface area contributed by atoms with Crippen LogP contribution in [0.4, 0.5) is 11.4 Å². The van der Waals surface area contributed by atoms with Gasteiger partial charge in [0.1, 0.15) is 0 Å². The van der Waals surface area contributed by atoms with Crippen molar-refractivity contribution in [2.24, 2.45) is 0 Å². The molecule has 0 bridgehead atoms. The van der Waals surface area contributed by atoms with Crippen molar-refractivity contribution < 1.29 is 4.79 Å². The van der Waals surface area contributed by atoms with Crippen LogP contribution in [0.2, 0.25) is 0 Å². The fraction of sp³-hybridized carbons (Fsp3) is 0.588. The highest BCUT2D eigenvalue weighted by Gasteiger charge is 2.17. The molecule has 21 heavy (non-hydrogen) atoms. The van der Waals surface area contributed by atoms with Crippen LogP contribution >= 0.6 is 0 Å². The number of carbonyl (C=O) groups is 1. The summed E-state index contributed by atoms with van der Waals surface area (Å²) in [6.45, 7) is 4.59. The minimum Gasteiger partial charge on any atom is -0.376 e. The summed E-state index contributed by atoms with van der Waals surface area (Å²) in [6.07, 6.45) is 6.25. The van der Waals surface area contributed by atoms with Gasteiger partial charge in [0.15, 0.2) is 0 Å². The number of nitrogens with one attached hydrogen (secondary N) is 1. The van der Waals surface area contributed by atoms with Crippen molar-refractivity contribution in [1.82, 2.24) is 4.90 Å². The smallest absolute Gasteiger partial charge is 0.241 e. The average Bonchev–Trinajstić information content (AvgIpc) is 3.08. The molecule has 0 unspecified atom stereocenters. The van der Waals surface area contributed by atoms with Gasteiger partial charge >= 0.3 is 0 Å². The fourth-order valence-electron chi connectivity index (χ4n) is 3.20. The van der Waals surface area contributed by atoms with Gasteiger partial charge in [0.25, 0.3) is 0 Å². The van der Waals surface area contributed by atoms with E-state index in [-0.39, 0.29) is 5.91 Å². The molecule has 2 heterocycles. The first kappa shape index (κ1) is 14.2. The molecule has 0 aliphatic carbocycles. The van der Waals surface area contributed by atoms with Gasteiger partial charge in [-0.25, -0.2) is 0 Å². The van der Waals surface area contributed by atoms with Crippen molar-refractivity contribution in [1.29, 1.82) is 0 Å². The number of anilines is 2. The molecule has 1 N–H and O–H groups in total. The molecule has 114 valence electrons. The van der Waals surface area contributed by atoms with Gasteiger partial charge in [0, 0.05) is 37.6 Å². The minimum absolute atomic E-state index is 0.215. The number of nitrogens with zero attached hydrogens (tertiary/aromatic N) is 2. The molecule has 4 nitrogen and oxygen atoms in total. The van der Waals surface area contributed by atoms with E-state index in [4.69, 9.17) is 0 Å². The van der Waals surface area contributed by atoms with E-state index in [1.807, 2.05) is 4.90 Å². The Labute approximate surface area is 127 Å². The van der Waals surface area contributed by atoms with Gasteiger partial charge in [-0.1, -0.05) is 0 Å². The molecule has 2 aliphatic heterocycles. The Kier molecular flexibility index (Phi) is 4.63. The third-order valence-corrected chi connectivity index (χ3v) is 4.49. The molecule has 0 saturated carbocycles. The molecule has 0 atom stereocenters. The Balaban J connectivity index is 1.50. The summed E-state index contributed by atoms with van der Waals surface area (Å²) in [6, 6.07) is 8.49. The number of rotatable bonds is 4. The molecule has 1 aromatic rings. The van der Waals surface area contributed by atoms with Crippen LogP contribution in [-0.2, 0) is 4.79 Å². The summed E-state index contributed by atoms with van der Waals surface area (Å²) in [5, 5.41) is 3.24. The second-order valence-corrected chi connectivity index (χ2v) is 6.04. The quantitative estimate of drug-likeness (QED) is 0.925. The van der Waals surface area contributed by atoms with Crippen molar-refractivity contribution in [3.63, 3.8) is 0 Å². The van der Waals surface area contributed by atoms with Crippen molar-refractivity contribution >= 4 is 17.3 Å². The van der Waals surface area contributed by atoms with E-state index in [2.05, 4.69) is 34.5 Å². The summed E-state index contributed by atoms with van der Waals surface area (Å²) in [4.78, 5) is 16.4. The van der Waals surface area contributed by atoms with Crippen molar-refractivity contribution in [3.8, 4) is 0 Å². The number of carbonyl (C=O) groups excluding carboxylic acids is 1. The lowest BCUT2D eigenvalue weighted by Crippen LogP contribution is -2.33. The second-order valence-electron chi connectivity index (χ2n) is 6.04. The second kappa shape index (κ2) is 6.83. The lowest BCUT2D eigenvalue weighted by Gasteiger charge is -2.28. The van der Waals surface area contributed by atoms with Gasteiger partial charge < -0.3 is 15.1 Å². The Bertz CT molecular complexity index is 459. The molecule has 0 spiro atoms. The molecule has 0 radical (unpaired) electrons. The van der Waals surface area contributed by atoms with E-state index in [0.29, 0.717) is 6.54 Å². The highest BCUT2D eigenvalue weighted by molar-refractivity contribution is 5.81. The lowest BCUT2D eigenvalue weighted by molar-refractivity contribution is -0.128. The van der Waals surface area contributed by atoms with Crippen LogP contribution in [0.15, 0.2) is 24.3 Å². The number of benzene rings is 1. The molecule has 0 aromatic heterocycles. The summed E-state index contributed by atoms with van der Waals surface area (Å²) in [7, 11) is 0. The molecule has 4 heteroatoms. The third kappa shape index (κ3) is 3.69. The van der Waals surface area contributed by atoms with Gasteiger partial charge in [0.2, 0.25) is 5.91 Å². The first-order valence-electron chi connectivity index (χ1n) is 8.19. The molecule has 2 saturated heterocycles. The maximum atomic E-state index is 12.0. The van der Waals surface area contributed by atoms with E-state index >= 15 is 0 Å². The van der Waals surface area contributed by atoms with Crippen LogP contribution in [-0.4, -0.2) is 43.5 Å². The van der Waals surface area contributed by atoms with Crippen LogP contribution < -0.4 is 10.2 Å². The minimum atomic E-state index is 0.215. The van der Waals surface area contributed by atoms with Crippen molar-refractivity contribution in [3.05, 3.63) is 24.3 Å². The SMILES string of the molecule is O=C(CNc1ccc(N2CCCCC2)cc1)N1CCCC1. The van der Waals surface area contributed by atoms with Crippen LogP contribution in [0.1, 0.15) is 32.1 Å². The standard InChI is InChI=1S/C17H25N3O/c21-17(20-12-4-5-13-20)14-18-15-6-8-16(9-7-15)19-10-2-1-3-11-19/h6-9,18H,1-5,10-14H2. The maximum absolute atomic E-state index is 12.0. The average molecular weight is 287 g/mol. The summed E-state index contributed by atoms with van der Waals surface area (Å²) in [5.74, 6) is 0.215. The van der Waals surface area contributed by atoms with Crippen LogP contribution in [0, 0.1) is 0 Å². The van der Waals surface area contributed by atoms with Crippen LogP contribution in [0.25, 0.3) is 0 Å². The number of piperidine rings is 1. The first-order valence-corrected chi connectivity index (χ1v) is 8.19. The lowest BCUT2D eigenvalue weighted by atomic mass is 10.1. The number of hydrogen-bond donors (Lipinski definition) is 1. The normalized spacial score (nSPS) is 18.9. The van der Waals surface area contributed by atoms with Crippen LogP contribution in [0.3, 0.4) is 0 Å². The predicted molar refractivity (Wildman–Crippen MR) is 86.8 cm³/mol. The number of amides is 1. The molecule has 1 aromatic carbocycles. The summed E-state index contributed by atoms with van der Waals surface area (Å²) >= 11 is 0. The van der Waals surface area contributed by atoms with Gasteiger partial charge in [-0.3, -0.25) is 4.79 Å². The highest BCUT2D eigenvalue weighted by atomic mass is 16.2. The summed E-state index contributed by atoms with van der Waals surface area (Å²) in [5.41, 5.74) is 2.33. The van der Waals surface area contributed by atoms with E-state index in [1.54, 1.807) is 0 Å². The van der Waals surface area contributed by atoms with Gasteiger partial charge in [-0.2, -0.15) is 0 Å². The zero-order chi connectivity index (χ0) is 14.5. The molecule has 2 fully saturated rings. The zero-order valence-electron chi connectivity index (χ0n) is 12.7. The van der Waals surface area contributed by atoms with Crippen molar-refractivity contribution in [2.75, 3.05) is 42.9 Å². The van der Waals surface area contributed by atoms with Crippen molar-refractivity contribution in [2.45, 2.75) is 32.1 Å². The first-order chi connectivity index (χ1) is 10.3. The topological polar surface area (TPSA) is 35.6 Å². The number of likely N-dealkylation sites (tertiary alicyclic amines) is 1. The maximum Gasteiger partial charge on any atom is 0.241 e. The van der Waals surface area contributed by atoms with Crippen LogP contribution in [0.5, 0.6) is 0 Å². The Morgan fingerprint density at radius 1 is 0.905 bits per heavy atom. The highest BCUT2D eigenvalue weighted by Crippen LogP contribution is 2.21. The van der Waals surface area contributed by atoms with Gasteiger partial charge in [-0.15, -0.1) is 0 Å². The Morgan fingerprint density at radius 2 is 1.52 bits per heavy atom. The summed E-state index contributed by atoms with van der Waals surface area (Å²) < 4.78 is 0. The predicted octanol–water partition coefficient (Wildman–Crippen LogP) is 2.71. The molecule has 1 amide bonds. The molecular formula is C17H25N3O. The largest absolute Gasteiger partial charge is 0.376 e. The van der Waals surface area contributed by atoms with Gasteiger partial charge in [0.05, 0.1) is 6.54 Å². The fourth-order valence-corrected chi connectivity index (χ4v) is 3.20. The molecule has 2 aliphatic rings. The monoisotopic (exact) mass is 287 g/mol. The van der Waals surface area contributed by atoms with Gasteiger partial charge in [-0.05, 0) is 56.4 Å². The third-order valence-electron chi connectivity index (χ3n) is 4.49. The zero-order valence-corrected chi connectivity index (χ0v) is 12.7. The Hall–Kier alpha value is -1.71. The number of hydrogen-bond acceptors (Lipinski definition) is 3. The molecular weight excluding hydrogens is 262 g/mol. The molecule has 3 rings (SSSR count).